The van der Waals surface area contributed by atoms with Crippen LogP contribution in [0, 0.1) is 0 Å². The van der Waals surface area contributed by atoms with Gasteiger partial charge in [0.1, 0.15) is 23.8 Å². The van der Waals surface area contributed by atoms with Gasteiger partial charge in [0.2, 0.25) is 0 Å². The largest absolute Gasteiger partial charge is 0.462 e. The van der Waals surface area contributed by atoms with Gasteiger partial charge in [-0.2, -0.15) is 5.10 Å². The third-order valence-corrected chi connectivity index (χ3v) is 2.59. The molecule has 0 bridgehead atoms. The summed E-state index contributed by atoms with van der Waals surface area (Å²) in [5.74, 6) is -0.450. The van der Waals surface area contributed by atoms with E-state index in [0.29, 0.717) is 23.5 Å². The zero-order valence-corrected chi connectivity index (χ0v) is 10.1. The van der Waals surface area contributed by atoms with E-state index in [2.05, 4.69) is 10.1 Å². The molecule has 0 radical (unpaired) electrons. The number of carbonyl (C=O) groups excluding carboxylic acids is 1. The highest BCUT2D eigenvalue weighted by atomic mass is 16.7. The maximum absolute atomic E-state index is 11.8. The fraction of sp³-hybridized carbons (Fsp3) is 0.250. The molecule has 19 heavy (non-hydrogen) atoms. The van der Waals surface area contributed by atoms with Gasteiger partial charge in [-0.05, 0) is 13.0 Å². The van der Waals surface area contributed by atoms with Gasteiger partial charge in [-0.15, -0.1) is 0 Å². The van der Waals surface area contributed by atoms with Gasteiger partial charge in [0, 0.05) is 6.20 Å². The Labute approximate surface area is 108 Å². The van der Waals surface area contributed by atoms with E-state index in [0.717, 1.165) is 0 Å². The van der Waals surface area contributed by atoms with Crippen molar-refractivity contribution in [3.63, 3.8) is 0 Å². The van der Waals surface area contributed by atoms with Crippen LogP contribution in [0.25, 0.3) is 5.65 Å². The summed E-state index contributed by atoms with van der Waals surface area (Å²) in [6, 6.07) is 1.71. The first-order valence-electron chi connectivity index (χ1n) is 5.77. The lowest BCUT2D eigenvalue weighted by Gasteiger charge is -2.09. The third kappa shape index (κ3) is 1.99. The number of aromatic nitrogens is 3. The molecule has 2 aromatic heterocycles. The molecule has 1 aliphatic heterocycles. The van der Waals surface area contributed by atoms with Crippen molar-refractivity contribution >= 4 is 11.6 Å². The van der Waals surface area contributed by atoms with Crippen LogP contribution in [-0.4, -0.2) is 27.2 Å². The summed E-state index contributed by atoms with van der Waals surface area (Å²) in [5.41, 5.74) is 1.29. The number of hydrogen-bond donors (Lipinski definition) is 0. The third-order valence-electron chi connectivity index (χ3n) is 2.59. The molecular weight excluding hydrogens is 250 g/mol. The van der Waals surface area contributed by atoms with Crippen molar-refractivity contribution in [3.8, 4) is 0 Å². The van der Waals surface area contributed by atoms with Gasteiger partial charge in [0.25, 0.3) is 6.29 Å². The average molecular weight is 261 g/mol. The van der Waals surface area contributed by atoms with E-state index in [-0.39, 0.29) is 0 Å². The number of carbonyl (C=O) groups is 1. The molecule has 7 heteroatoms. The zero-order chi connectivity index (χ0) is 13.2. The molecule has 0 saturated heterocycles. The molecule has 0 amide bonds. The number of ether oxygens (including phenoxy) is 3. The molecule has 3 heterocycles. The summed E-state index contributed by atoms with van der Waals surface area (Å²) in [5, 5.41) is 4.05. The minimum Gasteiger partial charge on any atom is -0.462 e. The average Bonchev–Trinajstić information content (AvgIpc) is 3.07. The summed E-state index contributed by atoms with van der Waals surface area (Å²) < 4.78 is 16.9. The zero-order valence-electron chi connectivity index (χ0n) is 10.1. The quantitative estimate of drug-likeness (QED) is 0.778. The van der Waals surface area contributed by atoms with Crippen molar-refractivity contribution < 1.29 is 19.0 Å². The normalized spacial score (nSPS) is 14.4. The molecule has 0 spiro atoms. The number of fused-ring (bicyclic) bond motifs is 1. The SMILES string of the molecule is CCOC(=O)c1cnn2ccc(C3OC=CO3)nc12. The molecule has 7 nitrogen and oxygen atoms in total. The van der Waals surface area contributed by atoms with E-state index < -0.39 is 12.3 Å². The van der Waals surface area contributed by atoms with Crippen LogP contribution in [0.5, 0.6) is 0 Å². The second-order valence-electron chi connectivity index (χ2n) is 3.78. The Hall–Kier alpha value is -2.57. The molecule has 0 N–H and O–H groups in total. The second-order valence-corrected chi connectivity index (χ2v) is 3.78. The monoisotopic (exact) mass is 261 g/mol. The lowest BCUT2D eigenvalue weighted by Crippen LogP contribution is -2.07. The van der Waals surface area contributed by atoms with E-state index >= 15 is 0 Å². The first-order valence-corrected chi connectivity index (χ1v) is 5.77. The van der Waals surface area contributed by atoms with Crippen molar-refractivity contribution in [1.82, 2.24) is 14.6 Å². The van der Waals surface area contributed by atoms with E-state index in [1.807, 2.05) is 0 Å². The number of hydrogen-bond acceptors (Lipinski definition) is 6. The van der Waals surface area contributed by atoms with Gasteiger partial charge in [-0.25, -0.2) is 14.3 Å². The van der Waals surface area contributed by atoms with Gasteiger partial charge in [0.15, 0.2) is 5.65 Å². The van der Waals surface area contributed by atoms with Gasteiger partial charge in [-0.1, -0.05) is 0 Å². The predicted molar refractivity (Wildman–Crippen MR) is 63.0 cm³/mol. The van der Waals surface area contributed by atoms with Gasteiger partial charge in [0.05, 0.1) is 12.8 Å². The van der Waals surface area contributed by atoms with Crippen LogP contribution in [0.4, 0.5) is 0 Å². The Kier molecular flexibility index (Phi) is 2.79. The lowest BCUT2D eigenvalue weighted by molar-refractivity contribution is -0.0278. The maximum Gasteiger partial charge on any atom is 0.343 e. The maximum atomic E-state index is 11.8. The molecule has 98 valence electrons. The molecule has 0 atom stereocenters. The number of esters is 1. The van der Waals surface area contributed by atoms with Crippen LogP contribution < -0.4 is 0 Å². The fourth-order valence-corrected chi connectivity index (χ4v) is 1.75. The van der Waals surface area contributed by atoms with Crippen LogP contribution in [-0.2, 0) is 14.2 Å². The molecule has 3 rings (SSSR count). The van der Waals surface area contributed by atoms with E-state index in [9.17, 15) is 4.79 Å². The van der Waals surface area contributed by atoms with Crippen LogP contribution in [0.3, 0.4) is 0 Å². The Morgan fingerprint density at radius 2 is 2.26 bits per heavy atom. The van der Waals surface area contributed by atoms with Crippen molar-refractivity contribution in [2.24, 2.45) is 0 Å². The molecule has 0 aliphatic carbocycles. The molecular formula is C12H11N3O4. The highest BCUT2D eigenvalue weighted by Crippen LogP contribution is 2.23. The van der Waals surface area contributed by atoms with Crippen LogP contribution >= 0.6 is 0 Å². The Morgan fingerprint density at radius 1 is 1.47 bits per heavy atom. The minimum absolute atomic E-state index is 0.300. The highest BCUT2D eigenvalue weighted by molar-refractivity contribution is 5.95. The summed E-state index contributed by atoms with van der Waals surface area (Å²) in [6.07, 6.45) is 5.41. The standard InChI is InChI=1S/C12H11N3O4/c1-2-17-11(16)8-7-13-15-4-3-9(14-10(8)15)12-18-5-6-19-12/h3-7,12H,2H2,1H3. The summed E-state index contributed by atoms with van der Waals surface area (Å²) in [6.45, 7) is 2.04. The number of nitrogens with zero attached hydrogens (tertiary/aromatic N) is 3. The van der Waals surface area contributed by atoms with Crippen LogP contribution in [0.15, 0.2) is 31.0 Å². The minimum atomic E-state index is -0.588. The highest BCUT2D eigenvalue weighted by Gasteiger charge is 2.20. The van der Waals surface area contributed by atoms with Crippen LogP contribution in [0.2, 0.25) is 0 Å². The smallest absolute Gasteiger partial charge is 0.343 e. The summed E-state index contributed by atoms with van der Waals surface area (Å²) in [4.78, 5) is 16.1. The van der Waals surface area contributed by atoms with Crippen molar-refractivity contribution in [3.05, 3.63) is 42.2 Å². The topological polar surface area (TPSA) is 75.0 Å². The fourth-order valence-electron chi connectivity index (χ4n) is 1.75. The summed E-state index contributed by atoms with van der Waals surface area (Å²) in [7, 11) is 0. The van der Waals surface area contributed by atoms with Crippen molar-refractivity contribution in [2.45, 2.75) is 13.2 Å². The van der Waals surface area contributed by atoms with Gasteiger partial charge >= 0.3 is 5.97 Å². The molecule has 0 aromatic carbocycles. The van der Waals surface area contributed by atoms with E-state index in [1.165, 1.54) is 23.2 Å². The second kappa shape index (κ2) is 4.60. The number of rotatable bonds is 3. The van der Waals surface area contributed by atoms with Crippen LogP contribution in [0.1, 0.15) is 29.3 Å². The van der Waals surface area contributed by atoms with Gasteiger partial charge in [-0.3, -0.25) is 0 Å². The Bertz CT molecular complexity index is 641. The lowest BCUT2D eigenvalue weighted by atomic mass is 10.3. The van der Waals surface area contributed by atoms with Crippen molar-refractivity contribution in [2.75, 3.05) is 6.61 Å². The van der Waals surface area contributed by atoms with Gasteiger partial charge < -0.3 is 14.2 Å². The summed E-state index contributed by atoms with van der Waals surface area (Å²) >= 11 is 0. The van der Waals surface area contributed by atoms with E-state index in [4.69, 9.17) is 14.2 Å². The molecule has 0 unspecified atom stereocenters. The first-order chi connectivity index (χ1) is 9.29. The first kappa shape index (κ1) is 11.5. The molecule has 0 saturated carbocycles. The molecule has 0 fully saturated rings. The van der Waals surface area contributed by atoms with E-state index in [1.54, 1.807) is 19.2 Å². The Balaban J connectivity index is 2.00. The predicted octanol–water partition coefficient (Wildman–Crippen LogP) is 1.42. The molecule has 2 aromatic rings. The Morgan fingerprint density at radius 3 is 3.00 bits per heavy atom. The molecule has 1 aliphatic rings. The van der Waals surface area contributed by atoms with Crippen molar-refractivity contribution in [1.29, 1.82) is 0 Å².